The number of fused-ring (bicyclic) bond motifs is 1. The van der Waals surface area contributed by atoms with Gasteiger partial charge in [0.15, 0.2) is 0 Å². The summed E-state index contributed by atoms with van der Waals surface area (Å²) in [7, 11) is 0. The van der Waals surface area contributed by atoms with Crippen LogP contribution in [0.1, 0.15) is 40.3 Å². The van der Waals surface area contributed by atoms with Crippen LogP contribution in [-0.4, -0.2) is 35.8 Å². The molecule has 4 aromatic rings. The molecule has 0 aliphatic carbocycles. The lowest BCUT2D eigenvalue weighted by molar-refractivity contribution is 0.0527. The molecule has 1 amide bonds. The van der Waals surface area contributed by atoms with E-state index in [9.17, 15) is 14.4 Å². The molecule has 0 spiro atoms. The topological polar surface area (TPSA) is 95.9 Å². The molecule has 36 heavy (non-hydrogen) atoms. The van der Waals surface area contributed by atoms with Gasteiger partial charge in [-0.2, -0.15) is 0 Å². The van der Waals surface area contributed by atoms with Crippen LogP contribution in [0.4, 0.5) is 10.5 Å². The Balaban J connectivity index is 1.73. The van der Waals surface area contributed by atoms with E-state index in [1.54, 1.807) is 56.3 Å². The zero-order valence-corrected chi connectivity index (χ0v) is 20.2. The number of nitrogens with zero attached hydrogens (tertiary/aromatic N) is 1. The monoisotopic (exact) mass is 486 g/mol. The summed E-state index contributed by atoms with van der Waals surface area (Å²) in [6.45, 7) is 5.71. The maximum absolute atomic E-state index is 13.0. The molecule has 0 bridgehead atoms. The first-order valence-electron chi connectivity index (χ1n) is 11.6. The van der Waals surface area contributed by atoms with Crippen LogP contribution in [0.3, 0.4) is 0 Å². The molecule has 0 aliphatic rings. The van der Waals surface area contributed by atoms with Gasteiger partial charge in [0.2, 0.25) is 0 Å². The fourth-order valence-corrected chi connectivity index (χ4v) is 4.04. The highest BCUT2D eigenvalue weighted by atomic mass is 16.5. The number of hydrogen-bond acceptors (Lipinski definition) is 6. The van der Waals surface area contributed by atoms with Gasteiger partial charge in [-0.3, -0.25) is 5.32 Å². The van der Waals surface area contributed by atoms with Crippen molar-refractivity contribution in [1.29, 1.82) is 0 Å². The van der Waals surface area contributed by atoms with Crippen LogP contribution < -0.4 is 10.1 Å². The van der Waals surface area contributed by atoms with Crippen molar-refractivity contribution < 1.29 is 28.6 Å². The smallest absolute Gasteiger partial charge is 0.411 e. The molecule has 0 saturated carbocycles. The van der Waals surface area contributed by atoms with Gasteiger partial charge in [-0.15, -0.1) is 0 Å². The summed E-state index contributed by atoms with van der Waals surface area (Å²) in [4.78, 5) is 37.8. The van der Waals surface area contributed by atoms with Crippen molar-refractivity contribution >= 4 is 34.6 Å². The van der Waals surface area contributed by atoms with Gasteiger partial charge in [-0.1, -0.05) is 30.3 Å². The highest BCUT2D eigenvalue weighted by molar-refractivity contribution is 6.07. The van der Waals surface area contributed by atoms with Gasteiger partial charge < -0.3 is 18.8 Å². The number of anilines is 1. The van der Waals surface area contributed by atoms with Crippen molar-refractivity contribution in [3.05, 3.63) is 89.6 Å². The molecule has 0 saturated heterocycles. The van der Waals surface area contributed by atoms with E-state index in [4.69, 9.17) is 14.2 Å². The molecular formula is C28H26N2O6. The minimum Gasteiger partial charge on any atom is -0.462 e. The fourth-order valence-electron chi connectivity index (χ4n) is 4.04. The minimum absolute atomic E-state index is 0.161. The minimum atomic E-state index is -0.670. The maximum atomic E-state index is 13.0. The zero-order valence-electron chi connectivity index (χ0n) is 20.2. The molecule has 8 nitrogen and oxygen atoms in total. The first-order chi connectivity index (χ1) is 17.4. The van der Waals surface area contributed by atoms with Gasteiger partial charge in [0.1, 0.15) is 5.75 Å². The maximum Gasteiger partial charge on any atom is 0.411 e. The number of carbonyl (C=O) groups is 3. The summed E-state index contributed by atoms with van der Waals surface area (Å²) in [5.41, 5.74) is 3.19. The van der Waals surface area contributed by atoms with Gasteiger partial charge in [0.25, 0.3) is 0 Å². The second kappa shape index (κ2) is 10.8. The van der Waals surface area contributed by atoms with Crippen LogP contribution in [0.15, 0.2) is 72.8 Å². The number of amides is 1. The molecule has 1 heterocycles. The third-order valence-electron chi connectivity index (χ3n) is 5.54. The lowest BCUT2D eigenvalue weighted by Gasteiger charge is -2.11. The first-order valence-corrected chi connectivity index (χ1v) is 11.6. The quantitative estimate of drug-likeness (QED) is 0.258. The van der Waals surface area contributed by atoms with Gasteiger partial charge in [-0.25, -0.2) is 14.4 Å². The average Bonchev–Trinajstić information content (AvgIpc) is 3.16. The Morgan fingerprint density at radius 1 is 0.833 bits per heavy atom. The normalized spacial score (nSPS) is 10.6. The summed E-state index contributed by atoms with van der Waals surface area (Å²) in [6, 6.07) is 21.2. The van der Waals surface area contributed by atoms with E-state index in [0.717, 1.165) is 11.2 Å². The van der Waals surface area contributed by atoms with Crippen LogP contribution in [0.25, 0.3) is 16.6 Å². The average molecular weight is 487 g/mol. The number of rotatable bonds is 7. The number of ether oxygens (including phenoxy) is 3. The van der Waals surface area contributed by atoms with Crippen molar-refractivity contribution in [3.63, 3.8) is 0 Å². The van der Waals surface area contributed by atoms with Crippen LogP contribution in [0, 0.1) is 6.92 Å². The number of esters is 2. The van der Waals surface area contributed by atoms with E-state index >= 15 is 0 Å². The van der Waals surface area contributed by atoms with E-state index in [1.165, 1.54) is 0 Å². The number of carbonyl (C=O) groups excluding carboxylic acids is 3. The highest BCUT2D eigenvalue weighted by Gasteiger charge is 2.23. The molecule has 3 aromatic carbocycles. The van der Waals surface area contributed by atoms with Gasteiger partial charge >= 0.3 is 18.0 Å². The predicted octanol–water partition coefficient (Wildman–Crippen LogP) is 5.90. The van der Waals surface area contributed by atoms with Crippen LogP contribution in [0.5, 0.6) is 5.75 Å². The van der Waals surface area contributed by atoms with Crippen molar-refractivity contribution in [2.75, 3.05) is 18.5 Å². The fraction of sp³-hybridized carbons (Fsp3) is 0.179. The predicted molar refractivity (Wildman–Crippen MR) is 136 cm³/mol. The molecule has 0 atom stereocenters. The Hall–Kier alpha value is -4.59. The number of hydrogen-bond donors (Lipinski definition) is 1. The number of nitrogens with one attached hydrogen (secondary N) is 1. The van der Waals surface area contributed by atoms with E-state index in [-0.39, 0.29) is 30.2 Å². The molecule has 184 valence electrons. The largest absolute Gasteiger partial charge is 0.462 e. The van der Waals surface area contributed by atoms with E-state index in [2.05, 4.69) is 5.32 Å². The van der Waals surface area contributed by atoms with Crippen LogP contribution >= 0.6 is 0 Å². The van der Waals surface area contributed by atoms with Crippen molar-refractivity contribution in [2.24, 2.45) is 0 Å². The summed E-state index contributed by atoms with van der Waals surface area (Å²) < 4.78 is 17.8. The van der Waals surface area contributed by atoms with E-state index < -0.39 is 18.0 Å². The van der Waals surface area contributed by atoms with E-state index in [1.807, 2.05) is 41.8 Å². The Kier molecular flexibility index (Phi) is 7.34. The molecule has 0 fully saturated rings. The Morgan fingerprint density at radius 2 is 1.53 bits per heavy atom. The van der Waals surface area contributed by atoms with E-state index in [0.29, 0.717) is 16.6 Å². The number of aromatic nitrogens is 1. The Labute approximate surface area is 208 Å². The Morgan fingerprint density at radius 3 is 2.25 bits per heavy atom. The molecule has 4 rings (SSSR count). The standard InChI is InChI=1S/C28H26N2O6/c1-4-34-27(32)25-18(3)30(19-11-7-6-8-12-19)24-16-15-20(17-22(24)25)36-26(31)21-13-9-10-14-23(21)29-28(33)35-5-2/h6-17H,4-5H2,1-3H3,(H,29,33). The van der Waals surface area contributed by atoms with Gasteiger partial charge in [-0.05, 0) is 63.2 Å². The zero-order chi connectivity index (χ0) is 25.7. The number of para-hydroxylation sites is 2. The second-order valence-electron chi connectivity index (χ2n) is 7.81. The van der Waals surface area contributed by atoms with Crippen molar-refractivity contribution in [3.8, 4) is 11.4 Å². The SMILES string of the molecule is CCOC(=O)Nc1ccccc1C(=O)Oc1ccc2c(c1)c(C(=O)OCC)c(C)n2-c1ccccc1. The summed E-state index contributed by atoms with van der Waals surface area (Å²) in [5, 5.41) is 3.14. The third-order valence-corrected chi connectivity index (χ3v) is 5.54. The van der Waals surface area contributed by atoms with Crippen LogP contribution in [0.2, 0.25) is 0 Å². The second-order valence-corrected chi connectivity index (χ2v) is 7.81. The molecule has 0 aliphatic heterocycles. The first kappa shape index (κ1) is 24.5. The Bertz CT molecular complexity index is 1430. The van der Waals surface area contributed by atoms with Crippen molar-refractivity contribution in [1.82, 2.24) is 4.57 Å². The van der Waals surface area contributed by atoms with Crippen LogP contribution in [-0.2, 0) is 9.47 Å². The molecule has 8 heteroatoms. The van der Waals surface area contributed by atoms with Gasteiger partial charge in [0, 0.05) is 16.8 Å². The third kappa shape index (κ3) is 4.93. The summed E-state index contributed by atoms with van der Waals surface area (Å²) in [6.07, 6.45) is -0.670. The summed E-state index contributed by atoms with van der Waals surface area (Å²) in [5.74, 6) is -0.880. The molecule has 0 radical (unpaired) electrons. The van der Waals surface area contributed by atoms with Gasteiger partial charge in [0.05, 0.1) is 35.5 Å². The molecular weight excluding hydrogens is 460 g/mol. The summed E-state index contributed by atoms with van der Waals surface area (Å²) >= 11 is 0. The highest BCUT2D eigenvalue weighted by Crippen LogP contribution is 2.33. The van der Waals surface area contributed by atoms with Crippen molar-refractivity contribution in [2.45, 2.75) is 20.8 Å². The molecule has 1 N–H and O–H groups in total. The lowest BCUT2D eigenvalue weighted by atomic mass is 10.1. The lowest BCUT2D eigenvalue weighted by Crippen LogP contribution is -2.17. The molecule has 0 unspecified atom stereocenters. The molecule has 1 aromatic heterocycles. The number of benzene rings is 3.